The van der Waals surface area contributed by atoms with E-state index in [1.54, 1.807) is 12.1 Å². The Morgan fingerprint density at radius 3 is 2.77 bits per heavy atom. The lowest BCUT2D eigenvalue weighted by molar-refractivity contribution is 0.604. The fraction of sp³-hybridized carbons (Fsp3) is 0.350. The molecule has 0 radical (unpaired) electrons. The van der Waals surface area contributed by atoms with Crippen LogP contribution in [0.3, 0.4) is 0 Å². The molecule has 2 aromatic carbocycles. The molecule has 0 aliphatic heterocycles. The Bertz CT molecular complexity index is 727. The average Bonchev–Trinajstić information content (AvgIpc) is 2.68. The summed E-state index contributed by atoms with van der Waals surface area (Å²) in [5, 5.41) is 8.78. The molecular formula is C20H20FN. The number of nitriles is 1. The van der Waals surface area contributed by atoms with Gasteiger partial charge in [-0.25, -0.2) is 4.39 Å². The molecule has 0 aromatic heterocycles. The van der Waals surface area contributed by atoms with Crippen LogP contribution in [0.5, 0.6) is 0 Å². The Hall–Kier alpha value is -2.14. The van der Waals surface area contributed by atoms with Crippen molar-refractivity contribution in [2.45, 2.75) is 44.9 Å². The predicted octanol–water partition coefficient (Wildman–Crippen LogP) is 5.39. The average molecular weight is 293 g/mol. The van der Waals surface area contributed by atoms with Crippen molar-refractivity contribution in [3.63, 3.8) is 0 Å². The molecule has 0 spiro atoms. The molecule has 22 heavy (non-hydrogen) atoms. The van der Waals surface area contributed by atoms with Crippen molar-refractivity contribution in [3.05, 3.63) is 58.9 Å². The van der Waals surface area contributed by atoms with E-state index in [0.717, 1.165) is 31.2 Å². The van der Waals surface area contributed by atoms with Gasteiger partial charge in [0.15, 0.2) is 0 Å². The van der Waals surface area contributed by atoms with E-state index in [1.807, 2.05) is 6.07 Å². The fourth-order valence-corrected chi connectivity index (χ4v) is 3.49. The van der Waals surface area contributed by atoms with Crippen LogP contribution in [0.4, 0.5) is 4.39 Å². The van der Waals surface area contributed by atoms with E-state index in [-0.39, 0.29) is 5.82 Å². The molecule has 1 aliphatic carbocycles. The number of nitrogens with zero attached hydrogens (tertiary/aromatic N) is 1. The zero-order valence-electron chi connectivity index (χ0n) is 12.9. The van der Waals surface area contributed by atoms with Crippen LogP contribution in [0.1, 0.15) is 48.8 Å². The van der Waals surface area contributed by atoms with Gasteiger partial charge in [-0.15, -0.1) is 0 Å². The first kappa shape index (κ1) is 14.8. The zero-order chi connectivity index (χ0) is 15.5. The fourth-order valence-electron chi connectivity index (χ4n) is 3.49. The van der Waals surface area contributed by atoms with Gasteiger partial charge >= 0.3 is 0 Å². The van der Waals surface area contributed by atoms with Crippen LogP contribution in [0, 0.1) is 17.1 Å². The lowest BCUT2D eigenvalue weighted by Crippen LogP contribution is -1.99. The molecule has 0 bridgehead atoms. The number of hydrogen-bond acceptors (Lipinski definition) is 1. The molecule has 3 rings (SSSR count). The largest absolute Gasteiger partial charge is 0.207 e. The minimum absolute atomic E-state index is 0.152. The van der Waals surface area contributed by atoms with Gasteiger partial charge < -0.3 is 0 Å². The zero-order valence-corrected chi connectivity index (χ0v) is 12.9. The molecule has 0 fully saturated rings. The summed E-state index contributed by atoms with van der Waals surface area (Å²) in [5.74, 6) is 0.355. The third kappa shape index (κ3) is 2.76. The monoisotopic (exact) mass is 293 g/mol. The first-order valence-corrected chi connectivity index (χ1v) is 8.01. The van der Waals surface area contributed by atoms with Crippen molar-refractivity contribution in [3.8, 4) is 17.2 Å². The first-order chi connectivity index (χ1) is 10.7. The minimum atomic E-state index is -0.152. The summed E-state index contributed by atoms with van der Waals surface area (Å²) in [7, 11) is 0. The molecule has 2 heteroatoms. The maximum atomic E-state index is 13.6. The van der Waals surface area contributed by atoms with Crippen LogP contribution in [-0.4, -0.2) is 0 Å². The third-order valence-corrected chi connectivity index (χ3v) is 4.69. The maximum absolute atomic E-state index is 13.6. The van der Waals surface area contributed by atoms with Gasteiger partial charge in [0, 0.05) is 6.42 Å². The van der Waals surface area contributed by atoms with Crippen LogP contribution in [0.15, 0.2) is 36.4 Å². The molecule has 0 N–H and O–H groups in total. The van der Waals surface area contributed by atoms with Crippen LogP contribution in [0.25, 0.3) is 11.1 Å². The van der Waals surface area contributed by atoms with E-state index in [1.165, 1.54) is 22.3 Å². The topological polar surface area (TPSA) is 23.8 Å². The molecule has 112 valence electrons. The molecule has 0 saturated heterocycles. The van der Waals surface area contributed by atoms with Crippen molar-refractivity contribution in [1.29, 1.82) is 5.26 Å². The summed E-state index contributed by atoms with van der Waals surface area (Å²) in [6.07, 6.45) is 4.43. The van der Waals surface area contributed by atoms with Gasteiger partial charge in [-0.05, 0) is 71.6 Å². The number of halogens is 1. The van der Waals surface area contributed by atoms with Crippen molar-refractivity contribution in [1.82, 2.24) is 0 Å². The van der Waals surface area contributed by atoms with Gasteiger partial charge in [0.25, 0.3) is 0 Å². The van der Waals surface area contributed by atoms with Crippen molar-refractivity contribution >= 4 is 0 Å². The van der Waals surface area contributed by atoms with Crippen molar-refractivity contribution < 1.29 is 4.39 Å². The van der Waals surface area contributed by atoms with Gasteiger partial charge in [0.1, 0.15) is 5.82 Å². The highest BCUT2D eigenvalue weighted by Crippen LogP contribution is 2.40. The molecule has 2 aromatic rings. The Morgan fingerprint density at radius 1 is 1.18 bits per heavy atom. The number of benzene rings is 2. The standard InChI is InChI=1S/C20H20FN/c1-2-15-6-7-16-13-17(21)8-10-18(16)19-9-5-14(4-3-11-22)12-20(15)19/h5,8-10,12-13,15H,2-4,6-7H2,1H3. The summed E-state index contributed by atoms with van der Waals surface area (Å²) in [6.45, 7) is 2.22. The van der Waals surface area contributed by atoms with E-state index in [0.29, 0.717) is 12.3 Å². The number of hydrogen-bond donors (Lipinski definition) is 0. The maximum Gasteiger partial charge on any atom is 0.123 e. The molecule has 1 atom stereocenters. The number of rotatable bonds is 3. The Morgan fingerprint density at radius 2 is 2.00 bits per heavy atom. The summed E-state index contributed by atoms with van der Waals surface area (Å²) < 4.78 is 13.6. The Kier molecular flexibility index (Phi) is 4.24. The second-order valence-corrected chi connectivity index (χ2v) is 6.03. The summed E-state index contributed by atoms with van der Waals surface area (Å²) >= 11 is 0. The van der Waals surface area contributed by atoms with Gasteiger partial charge in [-0.1, -0.05) is 31.2 Å². The van der Waals surface area contributed by atoms with Gasteiger partial charge in [-0.3, -0.25) is 0 Å². The van der Waals surface area contributed by atoms with Crippen LogP contribution in [-0.2, 0) is 12.8 Å². The highest BCUT2D eigenvalue weighted by Gasteiger charge is 2.21. The molecule has 0 heterocycles. The lowest BCUT2D eigenvalue weighted by Gasteiger charge is -2.17. The predicted molar refractivity (Wildman–Crippen MR) is 87.1 cm³/mol. The van der Waals surface area contributed by atoms with Gasteiger partial charge in [0.2, 0.25) is 0 Å². The first-order valence-electron chi connectivity index (χ1n) is 8.01. The van der Waals surface area contributed by atoms with E-state index < -0.39 is 0 Å². The highest BCUT2D eigenvalue weighted by atomic mass is 19.1. The molecule has 1 nitrogen and oxygen atoms in total. The number of aryl methyl sites for hydroxylation is 2. The smallest absolute Gasteiger partial charge is 0.123 e. The molecule has 1 unspecified atom stereocenters. The molecule has 0 amide bonds. The van der Waals surface area contributed by atoms with Crippen LogP contribution in [0.2, 0.25) is 0 Å². The Labute approximate surface area is 131 Å². The molecule has 1 aliphatic rings. The van der Waals surface area contributed by atoms with Gasteiger partial charge in [-0.2, -0.15) is 5.26 Å². The van der Waals surface area contributed by atoms with Crippen LogP contribution >= 0.6 is 0 Å². The normalized spacial score (nSPS) is 16.3. The molecule has 0 saturated carbocycles. The van der Waals surface area contributed by atoms with E-state index >= 15 is 0 Å². The second kappa shape index (κ2) is 6.32. The minimum Gasteiger partial charge on any atom is -0.207 e. The lowest BCUT2D eigenvalue weighted by atomic mass is 9.87. The Balaban J connectivity index is 2.11. The van der Waals surface area contributed by atoms with E-state index in [4.69, 9.17) is 5.26 Å². The SMILES string of the molecule is CCC1CCc2cc(F)ccc2-c2ccc(CCC#N)cc21. The summed E-state index contributed by atoms with van der Waals surface area (Å²) in [5.41, 5.74) is 6.11. The van der Waals surface area contributed by atoms with Crippen LogP contribution < -0.4 is 0 Å². The highest BCUT2D eigenvalue weighted by molar-refractivity contribution is 5.73. The quantitative estimate of drug-likeness (QED) is 0.744. The summed E-state index contributed by atoms with van der Waals surface area (Å²) in [4.78, 5) is 0. The number of fused-ring (bicyclic) bond motifs is 3. The molecular weight excluding hydrogens is 273 g/mol. The van der Waals surface area contributed by atoms with Crippen molar-refractivity contribution in [2.75, 3.05) is 0 Å². The van der Waals surface area contributed by atoms with Crippen molar-refractivity contribution in [2.24, 2.45) is 0 Å². The van der Waals surface area contributed by atoms with E-state index in [2.05, 4.69) is 31.2 Å². The third-order valence-electron chi connectivity index (χ3n) is 4.69. The van der Waals surface area contributed by atoms with Gasteiger partial charge in [0.05, 0.1) is 6.07 Å². The summed E-state index contributed by atoms with van der Waals surface area (Å²) in [6, 6.07) is 13.9. The van der Waals surface area contributed by atoms with E-state index in [9.17, 15) is 4.39 Å². The second-order valence-electron chi connectivity index (χ2n) is 6.03.